The molecule has 2 saturated heterocycles. The summed E-state index contributed by atoms with van der Waals surface area (Å²) >= 11 is 0. The number of ether oxygens (including phenoxy) is 1. The molecule has 23 heavy (non-hydrogen) atoms. The van der Waals surface area contributed by atoms with Crippen LogP contribution < -0.4 is 4.90 Å². The second-order valence-electron chi connectivity index (χ2n) is 6.89. The van der Waals surface area contributed by atoms with E-state index in [2.05, 4.69) is 31.7 Å². The Balaban J connectivity index is 1.69. The number of rotatable bonds is 2. The van der Waals surface area contributed by atoms with Crippen molar-refractivity contribution in [2.75, 3.05) is 45.2 Å². The molecule has 1 N–H and O–H groups in total. The molecule has 2 aliphatic heterocycles. The highest BCUT2D eigenvalue weighted by molar-refractivity contribution is 5.85. The number of esters is 1. The third-order valence-electron chi connectivity index (χ3n) is 5.01. The summed E-state index contributed by atoms with van der Waals surface area (Å²) in [6.45, 7) is 3.50. The Labute approximate surface area is 136 Å². The largest absolute Gasteiger partial charge is 0.463 e. The van der Waals surface area contributed by atoms with Crippen LogP contribution in [0.15, 0.2) is 0 Å². The number of hydrogen-bond donors (Lipinski definition) is 1. The lowest BCUT2D eigenvalue weighted by Gasteiger charge is -2.48. The average Bonchev–Trinajstić information content (AvgIpc) is 2.88. The van der Waals surface area contributed by atoms with Crippen molar-refractivity contribution >= 4 is 11.9 Å². The fourth-order valence-electron chi connectivity index (χ4n) is 4.00. The zero-order chi connectivity index (χ0) is 16.6. The summed E-state index contributed by atoms with van der Waals surface area (Å²) in [4.78, 5) is 20.3. The molecule has 1 aromatic heterocycles. The van der Waals surface area contributed by atoms with E-state index in [0.717, 1.165) is 45.4 Å². The average molecular weight is 323 g/mol. The van der Waals surface area contributed by atoms with E-state index >= 15 is 0 Å². The number of anilines is 1. The van der Waals surface area contributed by atoms with Crippen molar-refractivity contribution in [1.82, 2.24) is 19.7 Å². The van der Waals surface area contributed by atoms with Crippen LogP contribution in [0.25, 0.3) is 0 Å². The van der Waals surface area contributed by atoms with Gasteiger partial charge in [0.05, 0.1) is 13.2 Å². The highest BCUT2D eigenvalue weighted by Gasteiger charge is 2.41. The number of carbonyl (C=O) groups excluding carboxylic acids is 1. The molecule has 128 valence electrons. The summed E-state index contributed by atoms with van der Waals surface area (Å²) in [5.74, 6) is 0.278. The Bertz CT molecular complexity index is 568. The van der Waals surface area contributed by atoms with Gasteiger partial charge in [0.2, 0.25) is 5.95 Å². The topological polar surface area (TPSA) is 83.7 Å². The summed E-state index contributed by atoms with van der Waals surface area (Å²) in [6, 6.07) is 0. The molecule has 8 nitrogen and oxygen atoms in total. The Morgan fingerprint density at radius 1 is 1.35 bits per heavy atom. The minimum absolute atomic E-state index is 0.0955. The van der Waals surface area contributed by atoms with Gasteiger partial charge in [0, 0.05) is 33.2 Å². The van der Waals surface area contributed by atoms with E-state index in [1.54, 1.807) is 11.7 Å². The standard InChI is InChI=1S/C15H25N5O3/c1-18-9-11(21)8-15(10-18)4-6-20(7-5-15)14-16-12(13(22)23-3)17-19(14)2/h11,21H,4-10H2,1-3H3. The number of aryl methyl sites for hydroxylation is 1. The molecule has 3 heterocycles. The van der Waals surface area contributed by atoms with Gasteiger partial charge < -0.3 is 19.6 Å². The van der Waals surface area contributed by atoms with Gasteiger partial charge in [-0.1, -0.05) is 0 Å². The first-order chi connectivity index (χ1) is 10.9. The quantitative estimate of drug-likeness (QED) is 0.760. The molecule has 3 rings (SSSR count). The summed E-state index contributed by atoms with van der Waals surface area (Å²) in [7, 11) is 5.19. The molecule has 0 radical (unpaired) electrons. The van der Waals surface area contributed by atoms with Crippen LogP contribution >= 0.6 is 0 Å². The number of piperidine rings is 2. The number of aliphatic hydroxyl groups is 1. The molecule has 0 aliphatic carbocycles. The zero-order valence-corrected chi connectivity index (χ0v) is 14.0. The number of aromatic nitrogens is 3. The molecule has 2 fully saturated rings. The third-order valence-corrected chi connectivity index (χ3v) is 5.01. The van der Waals surface area contributed by atoms with Crippen LogP contribution in [-0.4, -0.2) is 77.2 Å². The number of aliphatic hydroxyl groups excluding tert-OH is 1. The molecule has 0 saturated carbocycles. The number of β-amino-alcohol motifs (C(OH)–C–C–N with tert-alkyl or cyclic N) is 1. The van der Waals surface area contributed by atoms with Crippen LogP contribution in [0.4, 0.5) is 5.95 Å². The van der Waals surface area contributed by atoms with Gasteiger partial charge in [0.15, 0.2) is 0 Å². The van der Waals surface area contributed by atoms with Crippen molar-refractivity contribution in [2.24, 2.45) is 12.5 Å². The smallest absolute Gasteiger partial charge is 0.378 e. The molecule has 1 atom stereocenters. The summed E-state index contributed by atoms with van der Waals surface area (Å²) in [5, 5.41) is 14.2. The number of carbonyl (C=O) groups is 1. The molecule has 1 aromatic rings. The zero-order valence-electron chi connectivity index (χ0n) is 14.0. The maximum atomic E-state index is 11.6. The molecular formula is C15H25N5O3. The maximum absolute atomic E-state index is 11.6. The highest BCUT2D eigenvalue weighted by Crippen LogP contribution is 2.40. The van der Waals surface area contributed by atoms with Gasteiger partial charge in [0.1, 0.15) is 0 Å². The Hall–Kier alpha value is -1.67. The molecule has 2 aliphatic rings. The lowest BCUT2D eigenvalue weighted by atomic mass is 9.72. The Kier molecular flexibility index (Phi) is 4.29. The van der Waals surface area contributed by atoms with Crippen molar-refractivity contribution < 1.29 is 14.6 Å². The Morgan fingerprint density at radius 3 is 2.65 bits per heavy atom. The molecule has 0 bridgehead atoms. The molecule has 8 heteroatoms. The van der Waals surface area contributed by atoms with E-state index in [4.69, 9.17) is 0 Å². The van der Waals surface area contributed by atoms with Gasteiger partial charge in [-0.15, -0.1) is 5.10 Å². The molecular weight excluding hydrogens is 298 g/mol. The van der Waals surface area contributed by atoms with Crippen LogP contribution in [0.2, 0.25) is 0 Å². The van der Waals surface area contributed by atoms with E-state index in [9.17, 15) is 9.90 Å². The normalized spacial score (nSPS) is 24.9. The summed E-state index contributed by atoms with van der Waals surface area (Å²) < 4.78 is 6.31. The fourth-order valence-corrected chi connectivity index (χ4v) is 4.00. The SMILES string of the molecule is COC(=O)c1nc(N2CCC3(CC2)CC(O)CN(C)C3)n(C)n1. The van der Waals surface area contributed by atoms with Crippen LogP contribution in [0.1, 0.15) is 29.9 Å². The third kappa shape index (κ3) is 3.18. The van der Waals surface area contributed by atoms with E-state index in [0.29, 0.717) is 5.95 Å². The second-order valence-corrected chi connectivity index (χ2v) is 6.89. The van der Waals surface area contributed by atoms with Gasteiger partial charge in [-0.2, -0.15) is 4.98 Å². The van der Waals surface area contributed by atoms with E-state index < -0.39 is 5.97 Å². The molecule has 1 spiro atoms. The van der Waals surface area contributed by atoms with Crippen molar-refractivity contribution in [1.29, 1.82) is 0 Å². The number of nitrogens with zero attached hydrogens (tertiary/aromatic N) is 5. The highest BCUT2D eigenvalue weighted by atomic mass is 16.5. The molecule has 1 unspecified atom stereocenters. The number of hydrogen-bond acceptors (Lipinski definition) is 7. The maximum Gasteiger partial charge on any atom is 0.378 e. The van der Waals surface area contributed by atoms with Crippen LogP contribution in [0.5, 0.6) is 0 Å². The summed E-state index contributed by atoms with van der Waals surface area (Å²) in [6.07, 6.45) is 2.65. The van der Waals surface area contributed by atoms with Crippen molar-refractivity contribution in [3.8, 4) is 0 Å². The predicted octanol–water partition coefficient (Wildman–Crippen LogP) is -0.115. The summed E-state index contributed by atoms with van der Waals surface area (Å²) in [5.41, 5.74) is 0.187. The van der Waals surface area contributed by atoms with Crippen molar-refractivity contribution in [2.45, 2.75) is 25.4 Å². The minimum Gasteiger partial charge on any atom is -0.463 e. The minimum atomic E-state index is -0.516. The van der Waals surface area contributed by atoms with Crippen LogP contribution in [-0.2, 0) is 11.8 Å². The number of likely N-dealkylation sites (tertiary alicyclic amines) is 1. The number of methoxy groups -OCH3 is 1. The monoisotopic (exact) mass is 323 g/mol. The lowest BCUT2D eigenvalue weighted by molar-refractivity contribution is -0.0113. The van der Waals surface area contributed by atoms with Crippen LogP contribution in [0, 0.1) is 5.41 Å². The molecule has 0 aromatic carbocycles. The number of likely N-dealkylation sites (N-methyl/N-ethyl adjacent to an activating group) is 1. The van der Waals surface area contributed by atoms with Crippen LogP contribution in [0.3, 0.4) is 0 Å². The Morgan fingerprint density at radius 2 is 2.04 bits per heavy atom. The van der Waals surface area contributed by atoms with Gasteiger partial charge in [0.25, 0.3) is 5.82 Å². The fraction of sp³-hybridized carbons (Fsp3) is 0.800. The second kappa shape index (κ2) is 6.09. The van der Waals surface area contributed by atoms with Gasteiger partial charge in [-0.3, -0.25) is 0 Å². The van der Waals surface area contributed by atoms with Crippen molar-refractivity contribution in [3.63, 3.8) is 0 Å². The first-order valence-corrected chi connectivity index (χ1v) is 8.03. The van der Waals surface area contributed by atoms with Gasteiger partial charge in [-0.05, 0) is 31.7 Å². The van der Waals surface area contributed by atoms with E-state index in [1.807, 2.05) is 0 Å². The first-order valence-electron chi connectivity index (χ1n) is 8.03. The van der Waals surface area contributed by atoms with Gasteiger partial charge in [-0.25, -0.2) is 9.48 Å². The van der Waals surface area contributed by atoms with Crippen molar-refractivity contribution in [3.05, 3.63) is 5.82 Å². The molecule has 0 amide bonds. The predicted molar refractivity (Wildman–Crippen MR) is 84.3 cm³/mol. The van der Waals surface area contributed by atoms with E-state index in [1.165, 1.54) is 7.11 Å². The van der Waals surface area contributed by atoms with Gasteiger partial charge >= 0.3 is 5.97 Å². The lowest BCUT2D eigenvalue weighted by Crippen LogP contribution is -2.53. The van der Waals surface area contributed by atoms with E-state index in [-0.39, 0.29) is 17.3 Å². The first kappa shape index (κ1) is 16.2.